The molecule has 0 saturated carbocycles. The Labute approximate surface area is 181 Å². The van der Waals surface area contributed by atoms with Crippen LogP contribution in [0.4, 0.5) is 0 Å². The fourth-order valence-corrected chi connectivity index (χ4v) is 3.72. The molecule has 1 unspecified atom stereocenters. The number of benzene rings is 2. The highest BCUT2D eigenvalue weighted by molar-refractivity contribution is 6.01. The summed E-state index contributed by atoms with van der Waals surface area (Å²) in [5, 5.41) is 3.08. The number of dihydropyridines is 1. The molecule has 1 atom stereocenters. The normalized spacial score (nSPS) is 16.0. The fraction of sp³-hybridized carbons (Fsp3) is 0.250. The SMILES string of the molecule is CC1=C(C(N)=O)C(c2ccccc2OCc2ccccc2)C(C(=O)OCCN)=C(C)N1. The first-order chi connectivity index (χ1) is 14.9. The molecule has 0 saturated heterocycles. The van der Waals surface area contributed by atoms with E-state index in [2.05, 4.69) is 5.32 Å². The number of carbonyl (C=O) groups excluding carboxylic acids is 2. The number of para-hydroxylation sites is 1. The van der Waals surface area contributed by atoms with Crippen LogP contribution in [-0.2, 0) is 20.9 Å². The average molecular weight is 421 g/mol. The number of nitrogens with one attached hydrogen (secondary N) is 1. The molecule has 5 N–H and O–H groups in total. The first kappa shape index (κ1) is 22.1. The van der Waals surface area contributed by atoms with Gasteiger partial charge in [-0.25, -0.2) is 4.79 Å². The monoisotopic (exact) mass is 421 g/mol. The second kappa shape index (κ2) is 9.95. The smallest absolute Gasteiger partial charge is 0.336 e. The minimum absolute atomic E-state index is 0.0725. The lowest BCUT2D eigenvalue weighted by Gasteiger charge is -2.31. The number of carbonyl (C=O) groups is 2. The molecule has 162 valence electrons. The lowest BCUT2D eigenvalue weighted by atomic mass is 9.79. The van der Waals surface area contributed by atoms with Gasteiger partial charge < -0.3 is 26.3 Å². The zero-order chi connectivity index (χ0) is 22.4. The van der Waals surface area contributed by atoms with Gasteiger partial charge in [-0.1, -0.05) is 48.5 Å². The predicted octanol–water partition coefficient (Wildman–Crippen LogP) is 2.49. The fourth-order valence-electron chi connectivity index (χ4n) is 3.72. The van der Waals surface area contributed by atoms with Crippen molar-refractivity contribution in [1.29, 1.82) is 0 Å². The van der Waals surface area contributed by atoms with Crippen LogP contribution in [0.2, 0.25) is 0 Å². The minimum atomic E-state index is -0.726. The highest BCUT2D eigenvalue weighted by atomic mass is 16.5. The Balaban J connectivity index is 2.06. The summed E-state index contributed by atoms with van der Waals surface area (Å²) >= 11 is 0. The van der Waals surface area contributed by atoms with E-state index in [0.717, 1.165) is 5.56 Å². The van der Waals surface area contributed by atoms with E-state index in [0.29, 0.717) is 40.5 Å². The molecular formula is C24H27N3O4. The van der Waals surface area contributed by atoms with Crippen molar-refractivity contribution < 1.29 is 19.1 Å². The van der Waals surface area contributed by atoms with Gasteiger partial charge in [0.1, 0.15) is 19.0 Å². The summed E-state index contributed by atoms with van der Waals surface area (Å²) in [6.07, 6.45) is 0. The molecular weight excluding hydrogens is 394 g/mol. The maximum atomic E-state index is 12.9. The molecule has 1 aliphatic rings. The molecule has 0 aromatic heterocycles. The largest absolute Gasteiger partial charge is 0.489 e. The summed E-state index contributed by atoms with van der Waals surface area (Å²) in [6.45, 7) is 4.13. The first-order valence-electron chi connectivity index (χ1n) is 10.0. The van der Waals surface area contributed by atoms with Gasteiger partial charge in [-0.15, -0.1) is 0 Å². The van der Waals surface area contributed by atoms with E-state index >= 15 is 0 Å². The van der Waals surface area contributed by atoms with E-state index in [1.165, 1.54) is 0 Å². The number of allylic oxidation sites excluding steroid dienone is 2. The van der Waals surface area contributed by atoms with Crippen LogP contribution in [0.3, 0.4) is 0 Å². The molecule has 0 spiro atoms. The molecule has 1 amide bonds. The van der Waals surface area contributed by atoms with E-state index in [1.54, 1.807) is 13.8 Å². The molecule has 2 aromatic carbocycles. The van der Waals surface area contributed by atoms with Crippen molar-refractivity contribution in [2.75, 3.05) is 13.2 Å². The van der Waals surface area contributed by atoms with Crippen LogP contribution in [0.15, 0.2) is 77.1 Å². The summed E-state index contributed by atoms with van der Waals surface area (Å²) in [6, 6.07) is 17.1. The maximum absolute atomic E-state index is 12.9. The van der Waals surface area contributed by atoms with Crippen LogP contribution < -0.4 is 21.5 Å². The Bertz CT molecular complexity index is 1030. The molecule has 0 bridgehead atoms. The second-order valence-corrected chi connectivity index (χ2v) is 7.24. The molecule has 3 rings (SSSR count). The molecule has 31 heavy (non-hydrogen) atoms. The first-order valence-corrected chi connectivity index (χ1v) is 10.0. The van der Waals surface area contributed by atoms with Gasteiger partial charge in [0.25, 0.3) is 0 Å². The number of primary amides is 1. The lowest BCUT2D eigenvalue weighted by Crippen LogP contribution is -2.34. The molecule has 0 fully saturated rings. The number of amides is 1. The summed E-state index contributed by atoms with van der Waals surface area (Å²) in [4.78, 5) is 25.3. The van der Waals surface area contributed by atoms with Gasteiger partial charge in [0, 0.05) is 29.1 Å². The van der Waals surface area contributed by atoms with Crippen molar-refractivity contribution in [3.05, 3.63) is 88.3 Å². The van der Waals surface area contributed by atoms with Gasteiger partial charge >= 0.3 is 5.97 Å². The van der Waals surface area contributed by atoms with E-state index in [4.69, 9.17) is 20.9 Å². The average Bonchev–Trinajstić information content (AvgIpc) is 2.76. The van der Waals surface area contributed by atoms with Gasteiger partial charge in [-0.05, 0) is 25.5 Å². The van der Waals surface area contributed by atoms with Crippen LogP contribution in [0.5, 0.6) is 5.75 Å². The van der Waals surface area contributed by atoms with Crippen molar-refractivity contribution in [3.8, 4) is 5.75 Å². The van der Waals surface area contributed by atoms with Gasteiger partial charge in [-0.2, -0.15) is 0 Å². The Morgan fingerprint density at radius 2 is 1.61 bits per heavy atom. The van der Waals surface area contributed by atoms with Crippen molar-refractivity contribution in [2.45, 2.75) is 26.4 Å². The molecule has 0 aliphatic carbocycles. The Kier molecular flexibility index (Phi) is 7.10. The third-order valence-corrected chi connectivity index (χ3v) is 5.06. The Morgan fingerprint density at radius 3 is 2.29 bits per heavy atom. The summed E-state index contributed by atoms with van der Waals surface area (Å²) in [5.41, 5.74) is 14.7. The van der Waals surface area contributed by atoms with E-state index in [-0.39, 0.29) is 13.2 Å². The standard InChI is InChI=1S/C24H27N3O4/c1-15-20(23(26)28)22(21(16(2)27-15)24(29)30-13-12-25)18-10-6-7-11-19(18)31-14-17-8-4-3-5-9-17/h3-11,22,27H,12-14,25H2,1-2H3,(H2,26,28). The van der Waals surface area contributed by atoms with Crippen LogP contribution in [0.1, 0.15) is 30.9 Å². The van der Waals surface area contributed by atoms with Crippen LogP contribution in [0, 0.1) is 0 Å². The lowest BCUT2D eigenvalue weighted by molar-refractivity contribution is -0.139. The predicted molar refractivity (Wildman–Crippen MR) is 118 cm³/mol. The van der Waals surface area contributed by atoms with E-state index < -0.39 is 17.8 Å². The molecule has 2 aromatic rings. The zero-order valence-electron chi connectivity index (χ0n) is 17.7. The third-order valence-electron chi connectivity index (χ3n) is 5.06. The van der Waals surface area contributed by atoms with Gasteiger partial charge in [0.15, 0.2) is 0 Å². The van der Waals surface area contributed by atoms with Crippen LogP contribution >= 0.6 is 0 Å². The number of nitrogens with two attached hydrogens (primary N) is 2. The molecule has 7 heteroatoms. The van der Waals surface area contributed by atoms with E-state index in [9.17, 15) is 9.59 Å². The Hall–Kier alpha value is -3.58. The van der Waals surface area contributed by atoms with Gasteiger partial charge in [0.2, 0.25) is 5.91 Å². The van der Waals surface area contributed by atoms with Crippen LogP contribution in [-0.4, -0.2) is 25.0 Å². The van der Waals surface area contributed by atoms with Crippen molar-refractivity contribution >= 4 is 11.9 Å². The highest BCUT2D eigenvalue weighted by Crippen LogP contribution is 2.42. The Morgan fingerprint density at radius 1 is 0.968 bits per heavy atom. The number of esters is 1. The number of ether oxygens (including phenoxy) is 2. The quantitative estimate of drug-likeness (QED) is 0.564. The van der Waals surface area contributed by atoms with Crippen molar-refractivity contribution in [1.82, 2.24) is 5.32 Å². The third kappa shape index (κ3) is 4.95. The van der Waals surface area contributed by atoms with Gasteiger partial charge in [0.05, 0.1) is 11.5 Å². The molecule has 1 aliphatic heterocycles. The maximum Gasteiger partial charge on any atom is 0.336 e. The second-order valence-electron chi connectivity index (χ2n) is 7.24. The summed E-state index contributed by atoms with van der Waals surface area (Å²) in [7, 11) is 0. The van der Waals surface area contributed by atoms with Crippen molar-refractivity contribution in [3.63, 3.8) is 0 Å². The number of hydrogen-bond acceptors (Lipinski definition) is 6. The number of hydrogen-bond donors (Lipinski definition) is 3. The zero-order valence-corrected chi connectivity index (χ0v) is 17.7. The van der Waals surface area contributed by atoms with Crippen LogP contribution in [0.25, 0.3) is 0 Å². The van der Waals surface area contributed by atoms with E-state index in [1.807, 2.05) is 54.6 Å². The minimum Gasteiger partial charge on any atom is -0.489 e. The molecule has 0 radical (unpaired) electrons. The highest BCUT2D eigenvalue weighted by Gasteiger charge is 2.37. The summed E-state index contributed by atoms with van der Waals surface area (Å²) < 4.78 is 11.4. The van der Waals surface area contributed by atoms with Crippen molar-refractivity contribution in [2.24, 2.45) is 11.5 Å². The van der Waals surface area contributed by atoms with Gasteiger partial charge in [-0.3, -0.25) is 4.79 Å². The molecule has 7 nitrogen and oxygen atoms in total. The number of rotatable bonds is 8. The topological polar surface area (TPSA) is 117 Å². The molecule has 1 heterocycles. The summed E-state index contributed by atoms with van der Waals surface area (Å²) in [5.74, 6) is -1.34.